The average molecular weight is 367 g/mol. The number of benzene rings is 1. The second-order valence-corrected chi connectivity index (χ2v) is 7.06. The number of rotatable bonds is 2. The van der Waals surface area contributed by atoms with E-state index in [2.05, 4.69) is 16.1 Å². The van der Waals surface area contributed by atoms with E-state index < -0.39 is 11.6 Å². The summed E-state index contributed by atoms with van der Waals surface area (Å²) in [6.07, 6.45) is 4.30. The van der Waals surface area contributed by atoms with Gasteiger partial charge in [-0.05, 0) is 49.7 Å². The lowest BCUT2D eigenvalue weighted by Crippen LogP contribution is -2.51. The first-order valence-corrected chi connectivity index (χ1v) is 8.70. The van der Waals surface area contributed by atoms with E-state index in [0.29, 0.717) is 23.6 Å². The highest BCUT2D eigenvalue weighted by Gasteiger charge is 2.51. The first kappa shape index (κ1) is 17.0. The molecule has 1 saturated carbocycles. The Morgan fingerprint density at radius 1 is 1.29 bits per heavy atom. The van der Waals surface area contributed by atoms with E-state index in [1.165, 1.54) is 0 Å². The summed E-state index contributed by atoms with van der Waals surface area (Å²) in [5.41, 5.74) is 3.54. The third kappa shape index (κ3) is 3.18. The van der Waals surface area contributed by atoms with Gasteiger partial charge < -0.3 is 10.6 Å². The van der Waals surface area contributed by atoms with Gasteiger partial charge in [-0.1, -0.05) is 36.9 Å². The van der Waals surface area contributed by atoms with Gasteiger partial charge in [-0.15, -0.1) is 0 Å². The second-order valence-electron chi connectivity index (χ2n) is 6.24. The Labute approximate surface area is 150 Å². The summed E-state index contributed by atoms with van der Waals surface area (Å²) in [6, 6.07) is 4.95. The van der Waals surface area contributed by atoms with E-state index in [0.717, 1.165) is 29.8 Å². The molecule has 0 bridgehead atoms. The molecular formula is C16H19ClN4O2S. The third-order valence-corrected chi connectivity index (χ3v) is 5.11. The topological polar surface area (TPSA) is 73.5 Å². The number of hydrogen-bond acceptors (Lipinski definition) is 3. The zero-order chi connectivity index (χ0) is 17.3. The maximum absolute atomic E-state index is 12.7. The molecule has 1 aromatic carbocycles. The van der Waals surface area contributed by atoms with Crippen molar-refractivity contribution in [3.8, 4) is 0 Å². The lowest BCUT2D eigenvalue weighted by atomic mass is 9.82. The van der Waals surface area contributed by atoms with Crippen LogP contribution in [-0.4, -0.2) is 27.6 Å². The molecule has 1 aliphatic carbocycles. The number of carbonyl (C=O) groups is 2. The predicted octanol–water partition coefficient (Wildman–Crippen LogP) is 3.10. The molecule has 2 aliphatic rings. The summed E-state index contributed by atoms with van der Waals surface area (Å²) in [4.78, 5) is 24.8. The number of halogens is 1. The van der Waals surface area contributed by atoms with Crippen LogP contribution < -0.4 is 16.1 Å². The van der Waals surface area contributed by atoms with Crippen molar-refractivity contribution in [3.05, 3.63) is 28.8 Å². The lowest BCUT2D eigenvalue weighted by molar-refractivity contribution is -0.133. The molecule has 3 N–H and O–H groups in total. The summed E-state index contributed by atoms with van der Waals surface area (Å²) in [5.74, 6) is -0.265. The number of thiocarbonyl (C=S) groups is 1. The predicted molar refractivity (Wildman–Crippen MR) is 96.7 cm³/mol. The van der Waals surface area contributed by atoms with E-state index in [1.807, 2.05) is 19.1 Å². The van der Waals surface area contributed by atoms with Crippen molar-refractivity contribution in [1.82, 2.24) is 15.8 Å². The zero-order valence-electron chi connectivity index (χ0n) is 13.3. The molecule has 1 aromatic rings. The molecule has 3 rings (SSSR count). The van der Waals surface area contributed by atoms with Crippen molar-refractivity contribution in [2.24, 2.45) is 0 Å². The van der Waals surface area contributed by atoms with Gasteiger partial charge in [0.1, 0.15) is 5.54 Å². The van der Waals surface area contributed by atoms with E-state index in [9.17, 15) is 9.59 Å². The van der Waals surface area contributed by atoms with Crippen molar-refractivity contribution >= 4 is 46.6 Å². The van der Waals surface area contributed by atoms with Gasteiger partial charge in [-0.2, -0.15) is 5.01 Å². The van der Waals surface area contributed by atoms with Gasteiger partial charge in [-0.25, -0.2) is 4.79 Å². The van der Waals surface area contributed by atoms with Crippen LogP contribution >= 0.6 is 23.8 Å². The van der Waals surface area contributed by atoms with Crippen molar-refractivity contribution in [1.29, 1.82) is 0 Å². The fourth-order valence-electron chi connectivity index (χ4n) is 3.15. The molecule has 0 radical (unpaired) electrons. The minimum Gasteiger partial charge on any atom is -0.331 e. The van der Waals surface area contributed by atoms with Crippen LogP contribution in [0.1, 0.15) is 37.7 Å². The molecule has 2 fully saturated rings. The zero-order valence-corrected chi connectivity index (χ0v) is 14.9. The molecule has 6 nitrogen and oxygen atoms in total. The fraction of sp³-hybridized carbons (Fsp3) is 0.438. The molecular weight excluding hydrogens is 348 g/mol. The van der Waals surface area contributed by atoms with Crippen LogP contribution in [0.5, 0.6) is 0 Å². The van der Waals surface area contributed by atoms with Gasteiger partial charge in [0.2, 0.25) is 0 Å². The minimum atomic E-state index is -0.773. The molecule has 0 atom stereocenters. The fourth-order valence-corrected chi connectivity index (χ4v) is 3.54. The molecule has 8 heteroatoms. The second kappa shape index (κ2) is 6.57. The number of urea groups is 1. The van der Waals surface area contributed by atoms with Crippen molar-refractivity contribution in [2.45, 2.75) is 44.6 Å². The molecule has 128 valence electrons. The Balaban J connectivity index is 1.66. The largest absolute Gasteiger partial charge is 0.344 e. The summed E-state index contributed by atoms with van der Waals surface area (Å²) in [7, 11) is 0. The van der Waals surface area contributed by atoms with E-state index >= 15 is 0 Å². The number of nitrogens with one attached hydrogen (secondary N) is 3. The maximum atomic E-state index is 12.7. The quantitative estimate of drug-likeness (QED) is 0.554. The number of amides is 3. The Hall–Kier alpha value is -1.86. The van der Waals surface area contributed by atoms with Gasteiger partial charge in [0, 0.05) is 10.7 Å². The first-order valence-electron chi connectivity index (χ1n) is 7.92. The number of nitrogens with zero attached hydrogens (tertiary/aromatic N) is 1. The SMILES string of the molecule is Cc1ccc(NC(=S)NN2C(=O)NC3(CCCCC3)C2=O)cc1Cl. The van der Waals surface area contributed by atoms with Gasteiger partial charge in [0.25, 0.3) is 5.91 Å². The molecule has 1 aliphatic heterocycles. The standard InChI is InChI=1S/C16H19ClN4O2S/c1-10-5-6-11(9-12(10)17)18-14(24)20-21-13(22)16(19-15(21)23)7-3-2-4-8-16/h5-6,9H,2-4,7-8H2,1H3,(H,19,23)(H2,18,20,24). The Kier molecular flexibility index (Phi) is 4.64. The van der Waals surface area contributed by atoms with Crippen molar-refractivity contribution in [3.63, 3.8) is 0 Å². The highest BCUT2D eigenvalue weighted by Crippen LogP contribution is 2.33. The van der Waals surface area contributed by atoms with Gasteiger partial charge in [0.05, 0.1) is 0 Å². The van der Waals surface area contributed by atoms with Crippen molar-refractivity contribution < 1.29 is 9.59 Å². The van der Waals surface area contributed by atoms with E-state index in [1.54, 1.807) is 6.07 Å². The van der Waals surface area contributed by atoms with Crippen LogP contribution in [-0.2, 0) is 4.79 Å². The van der Waals surface area contributed by atoms with Crippen LogP contribution in [0.3, 0.4) is 0 Å². The lowest BCUT2D eigenvalue weighted by Gasteiger charge is -2.30. The first-order chi connectivity index (χ1) is 11.4. The molecule has 1 heterocycles. The monoisotopic (exact) mass is 366 g/mol. The van der Waals surface area contributed by atoms with Gasteiger partial charge in [0.15, 0.2) is 5.11 Å². The van der Waals surface area contributed by atoms with E-state index in [-0.39, 0.29) is 11.0 Å². The van der Waals surface area contributed by atoms with Crippen LogP contribution in [0, 0.1) is 6.92 Å². The van der Waals surface area contributed by atoms with Gasteiger partial charge in [-0.3, -0.25) is 10.2 Å². The Morgan fingerprint density at radius 2 is 2.00 bits per heavy atom. The molecule has 1 spiro atoms. The Morgan fingerprint density at radius 3 is 2.67 bits per heavy atom. The number of aryl methyl sites for hydroxylation is 1. The van der Waals surface area contributed by atoms with E-state index in [4.69, 9.17) is 23.8 Å². The minimum absolute atomic E-state index is 0.159. The molecule has 0 aromatic heterocycles. The molecule has 0 unspecified atom stereocenters. The van der Waals surface area contributed by atoms with Gasteiger partial charge >= 0.3 is 6.03 Å². The summed E-state index contributed by atoms with van der Waals surface area (Å²) >= 11 is 11.3. The Bertz CT molecular complexity index is 703. The number of carbonyl (C=O) groups excluding carboxylic acids is 2. The molecule has 24 heavy (non-hydrogen) atoms. The maximum Gasteiger partial charge on any atom is 0.344 e. The van der Waals surface area contributed by atoms with Crippen LogP contribution in [0.15, 0.2) is 18.2 Å². The summed E-state index contributed by atoms with van der Waals surface area (Å²) < 4.78 is 0. The normalized spacial score (nSPS) is 19.3. The summed E-state index contributed by atoms with van der Waals surface area (Å²) in [6.45, 7) is 1.90. The van der Waals surface area contributed by atoms with Crippen LogP contribution in [0.25, 0.3) is 0 Å². The smallest absolute Gasteiger partial charge is 0.331 e. The van der Waals surface area contributed by atoms with Crippen molar-refractivity contribution in [2.75, 3.05) is 5.32 Å². The molecule has 3 amide bonds. The highest BCUT2D eigenvalue weighted by atomic mass is 35.5. The number of hydrazine groups is 1. The number of imide groups is 1. The van der Waals surface area contributed by atoms with Crippen LogP contribution in [0.4, 0.5) is 10.5 Å². The average Bonchev–Trinajstić information content (AvgIpc) is 2.76. The summed E-state index contributed by atoms with van der Waals surface area (Å²) in [5, 5.41) is 7.49. The highest BCUT2D eigenvalue weighted by molar-refractivity contribution is 7.80. The molecule has 1 saturated heterocycles. The number of anilines is 1. The third-order valence-electron chi connectivity index (χ3n) is 4.51. The number of hydrogen-bond donors (Lipinski definition) is 3. The van der Waals surface area contributed by atoms with Crippen LogP contribution in [0.2, 0.25) is 5.02 Å².